The number of hydrogen-bond donors (Lipinski definition) is 3. The highest BCUT2D eigenvalue weighted by atomic mass is 16.5. The lowest BCUT2D eigenvalue weighted by Gasteiger charge is -2.13. The minimum Gasteiger partial charge on any atom is -0.479 e. The van der Waals surface area contributed by atoms with Gasteiger partial charge in [0.2, 0.25) is 0 Å². The van der Waals surface area contributed by atoms with Crippen LogP contribution in [0.2, 0.25) is 0 Å². The van der Waals surface area contributed by atoms with Gasteiger partial charge in [0, 0.05) is 0 Å². The summed E-state index contributed by atoms with van der Waals surface area (Å²) in [5.41, 5.74) is 5.34. The summed E-state index contributed by atoms with van der Waals surface area (Å²) < 4.78 is 5.01. The average molecular weight is 225 g/mol. The van der Waals surface area contributed by atoms with Crippen LogP contribution in [0.5, 0.6) is 5.75 Å². The number of rotatable bonds is 4. The second-order valence-electron chi connectivity index (χ2n) is 3.12. The summed E-state index contributed by atoms with van der Waals surface area (Å²) in [6, 6.07) is 4.17. The van der Waals surface area contributed by atoms with Crippen LogP contribution >= 0.6 is 0 Å². The van der Waals surface area contributed by atoms with Gasteiger partial charge in [0.15, 0.2) is 6.10 Å². The van der Waals surface area contributed by atoms with Gasteiger partial charge in [-0.05, 0) is 19.1 Å². The SMILES string of the molecule is CC(Oc1cccc(C(=O)O)c1N)C(=O)O. The van der Waals surface area contributed by atoms with Crippen molar-refractivity contribution >= 4 is 17.6 Å². The van der Waals surface area contributed by atoms with Crippen molar-refractivity contribution in [1.29, 1.82) is 0 Å². The average Bonchev–Trinajstić information content (AvgIpc) is 2.20. The van der Waals surface area contributed by atoms with E-state index in [2.05, 4.69) is 0 Å². The molecular formula is C10H11NO5. The summed E-state index contributed by atoms with van der Waals surface area (Å²) >= 11 is 0. The van der Waals surface area contributed by atoms with Gasteiger partial charge in [0.1, 0.15) is 5.75 Å². The third-order valence-corrected chi connectivity index (χ3v) is 1.95. The van der Waals surface area contributed by atoms with Gasteiger partial charge in [-0.2, -0.15) is 0 Å². The number of hydrogen-bond acceptors (Lipinski definition) is 4. The van der Waals surface area contributed by atoms with Crippen molar-refractivity contribution in [2.45, 2.75) is 13.0 Å². The largest absolute Gasteiger partial charge is 0.479 e. The number of carbonyl (C=O) groups is 2. The molecule has 0 aliphatic heterocycles. The van der Waals surface area contributed by atoms with Crippen molar-refractivity contribution < 1.29 is 24.5 Å². The summed E-state index contributed by atoms with van der Waals surface area (Å²) in [5.74, 6) is -2.29. The first kappa shape index (κ1) is 11.8. The number of aliphatic carboxylic acids is 1. The number of carboxylic acid groups (broad SMARTS) is 2. The maximum absolute atomic E-state index is 10.7. The van der Waals surface area contributed by atoms with Crippen LogP contribution in [0.15, 0.2) is 18.2 Å². The molecule has 1 aromatic rings. The molecular weight excluding hydrogens is 214 g/mol. The number of nitrogens with two attached hydrogens (primary N) is 1. The first-order valence-corrected chi connectivity index (χ1v) is 4.44. The Morgan fingerprint density at radius 1 is 1.38 bits per heavy atom. The molecule has 0 saturated carbocycles. The molecule has 6 nitrogen and oxygen atoms in total. The van der Waals surface area contributed by atoms with Crippen molar-refractivity contribution in [2.75, 3.05) is 5.73 Å². The predicted molar refractivity (Wildman–Crippen MR) is 55.5 cm³/mol. The lowest BCUT2D eigenvalue weighted by Crippen LogP contribution is -2.23. The molecule has 0 radical (unpaired) electrons. The maximum Gasteiger partial charge on any atom is 0.344 e. The van der Waals surface area contributed by atoms with Crippen LogP contribution in [0.3, 0.4) is 0 Å². The Morgan fingerprint density at radius 2 is 2.00 bits per heavy atom. The normalized spacial score (nSPS) is 11.8. The van der Waals surface area contributed by atoms with E-state index in [4.69, 9.17) is 20.7 Å². The van der Waals surface area contributed by atoms with Crippen LogP contribution in [-0.2, 0) is 4.79 Å². The lowest BCUT2D eigenvalue weighted by atomic mass is 10.1. The Balaban J connectivity index is 3.02. The molecule has 0 heterocycles. The van der Waals surface area contributed by atoms with E-state index in [0.717, 1.165) is 0 Å². The molecule has 0 saturated heterocycles. The fourth-order valence-electron chi connectivity index (χ4n) is 1.07. The van der Waals surface area contributed by atoms with Crippen LogP contribution in [0.4, 0.5) is 5.69 Å². The van der Waals surface area contributed by atoms with E-state index in [0.29, 0.717) is 0 Å². The molecule has 16 heavy (non-hydrogen) atoms. The number of anilines is 1. The van der Waals surface area contributed by atoms with E-state index in [-0.39, 0.29) is 17.0 Å². The number of ether oxygens (including phenoxy) is 1. The topological polar surface area (TPSA) is 110 Å². The zero-order chi connectivity index (χ0) is 12.3. The Labute approximate surface area is 91.3 Å². The third kappa shape index (κ3) is 2.41. The fourth-order valence-corrected chi connectivity index (χ4v) is 1.07. The summed E-state index contributed by atoms with van der Waals surface area (Å²) in [4.78, 5) is 21.3. The van der Waals surface area contributed by atoms with Crippen molar-refractivity contribution in [1.82, 2.24) is 0 Å². The molecule has 6 heteroatoms. The minimum absolute atomic E-state index is 0.0507. The van der Waals surface area contributed by atoms with Crippen molar-refractivity contribution in [3.63, 3.8) is 0 Å². The standard InChI is InChI=1S/C10H11NO5/c1-5(9(12)13)16-7-4-2-3-6(8(7)11)10(14)15/h2-5H,11H2,1H3,(H,12,13)(H,14,15). The highest BCUT2D eigenvalue weighted by Gasteiger charge is 2.17. The van der Waals surface area contributed by atoms with E-state index in [1.807, 2.05) is 0 Å². The van der Waals surface area contributed by atoms with Crippen LogP contribution in [0, 0.1) is 0 Å². The molecule has 4 N–H and O–H groups in total. The Hall–Kier alpha value is -2.24. The van der Waals surface area contributed by atoms with Gasteiger partial charge < -0.3 is 20.7 Å². The Morgan fingerprint density at radius 3 is 2.50 bits per heavy atom. The van der Waals surface area contributed by atoms with Gasteiger partial charge in [-0.3, -0.25) is 0 Å². The van der Waals surface area contributed by atoms with E-state index in [1.165, 1.54) is 25.1 Å². The lowest BCUT2D eigenvalue weighted by molar-refractivity contribution is -0.144. The molecule has 1 aromatic carbocycles. The second-order valence-corrected chi connectivity index (χ2v) is 3.12. The molecule has 1 unspecified atom stereocenters. The quantitative estimate of drug-likeness (QED) is 0.654. The summed E-state index contributed by atoms with van der Waals surface area (Å²) in [6.07, 6.45) is -1.09. The summed E-state index contributed by atoms with van der Waals surface area (Å²) in [6.45, 7) is 1.33. The van der Waals surface area contributed by atoms with Gasteiger partial charge in [0.25, 0.3) is 0 Å². The number of benzene rings is 1. The van der Waals surface area contributed by atoms with Crippen LogP contribution in [-0.4, -0.2) is 28.3 Å². The van der Waals surface area contributed by atoms with E-state index >= 15 is 0 Å². The third-order valence-electron chi connectivity index (χ3n) is 1.95. The fraction of sp³-hybridized carbons (Fsp3) is 0.200. The van der Waals surface area contributed by atoms with Gasteiger partial charge in [-0.1, -0.05) is 6.07 Å². The number of aromatic carboxylic acids is 1. The molecule has 0 fully saturated rings. The zero-order valence-electron chi connectivity index (χ0n) is 8.51. The first-order chi connectivity index (χ1) is 7.43. The van der Waals surface area contributed by atoms with Gasteiger partial charge in [-0.15, -0.1) is 0 Å². The molecule has 1 atom stereocenters. The Bertz CT molecular complexity index is 429. The molecule has 1 rings (SSSR count). The van der Waals surface area contributed by atoms with Crippen LogP contribution in [0.1, 0.15) is 17.3 Å². The number of nitrogen functional groups attached to an aromatic ring is 1. The van der Waals surface area contributed by atoms with Gasteiger partial charge in [0.05, 0.1) is 11.3 Å². The highest BCUT2D eigenvalue weighted by Crippen LogP contribution is 2.26. The molecule has 86 valence electrons. The molecule has 0 spiro atoms. The maximum atomic E-state index is 10.7. The number of para-hydroxylation sites is 1. The summed E-state index contributed by atoms with van der Waals surface area (Å²) in [7, 11) is 0. The van der Waals surface area contributed by atoms with Crippen LogP contribution < -0.4 is 10.5 Å². The van der Waals surface area contributed by atoms with Crippen molar-refractivity contribution in [3.8, 4) is 5.75 Å². The highest BCUT2D eigenvalue weighted by molar-refractivity contribution is 5.95. The molecule has 0 aromatic heterocycles. The number of carboxylic acids is 2. The molecule has 0 aliphatic carbocycles. The van der Waals surface area contributed by atoms with E-state index in [1.54, 1.807) is 0 Å². The smallest absolute Gasteiger partial charge is 0.344 e. The molecule has 0 aliphatic rings. The Kier molecular flexibility index (Phi) is 3.34. The van der Waals surface area contributed by atoms with E-state index in [9.17, 15) is 9.59 Å². The molecule has 0 amide bonds. The first-order valence-electron chi connectivity index (χ1n) is 4.44. The zero-order valence-corrected chi connectivity index (χ0v) is 8.51. The summed E-state index contributed by atoms with van der Waals surface area (Å²) in [5, 5.41) is 17.4. The predicted octanol–water partition coefficient (Wildman–Crippen LogP) is 0.819. The second kappa shape index (κ2) is 4.52. The van der Waals surface area contributed by atoms with Crippen LogP contribution in [0.25, 0.3) is 0 Å². The minimum atomic E-state index is -1.19. The molecule has 0 bridgehead atoms. The van der Waals surface area contributed by atoms with E-state index < -0.39 is 18.0 Å². The monoisotopic (exact) mass is 225 g/mol. The van der Waals surface area contributed by atoms with Gasteiger partial charge in [-0.25, -0.2) is 9.59 Å². The van der Waals surface area contributed by atoms with Gasteiger partial charge >= 0.3 is 11.9 Å². The van der Waals surface area contributed by atoms with Crippen molar-refractivity contribution in [2.24, 2.45) is 0 Å². The van der Waals surface area contributed by atoms with Crippen molar-refractivity contribution in [3.05, 3.63) is 23.8 Å².